The van der Waals surface area contributed by atoms with Crippen LogP contribution < -0.4 is 43.4 Å². The summed E-state index contributed by atoms with van der Waals surface area (Å²) in [6, 6.07) is 5.21. The second kappa shape index (κ2) is 24.5. The standard InChI is InChI=1S/C42H59N9O13S/c1-5-6-11-29(48-39(58)32(51-41(60)64-42(2,3)4)19-24-14-16-26(17-15-24)65(61,62)63)37(56)46-23-34(52)47-33(20-25-22-45-28-12-8-7-10-27(25)28)40(59)49-30(13-9-18-43)38(57)50-31(36(44)55)21-35(53)54/h7-8,10,12,14-17,22,29-33,45H,5-6,9,11,13,18-21,23,43H2,1-4H3,(H2,44,55)(H,46,56)(H,47,52)(H,48,58)(H,49,59)(H,50,57)(H,51,60)(H,53,54)(H,61,62,63). The summed E-state index contributed by atoms with van der Waals surface area (Å²) >= 11 is 0. The van der Waals surface area contributed by atoms with Gasteiger partial charge in [-0.1, -0.05) is 50.1 Å². The lowest BCUT2D eigenvalue weighted by molar-refractivity contribution is -0.140. The first-order valence-electron chi connectivity index (χ1n) is 20.8. The highest BCUT2D eigenvalue weighted by molar-refractivity contribution is 7.85. The molecule has 5 atom stereocenters. The van der Waals surface area contributed by atoms with Crippen LogP contribution in [0.3, 0.4) is 0 Å². The van der Waals surface area contributed by atoms with Gasteiger partial charge in [0.25, 0.3) is 10.1 Å². The largest absolute Gasteiger partial charge is 0.481 e. The van der Waals surface area contributed by atoms with Crippen LogP contribution in [0.2, 0.25) is 0 Å². The smallest absolute Gasteiger partial charge is 0.408 e. The van der Waals surface area contributed by atoms with Crippen LogP contribution in [0, 0.1) is 0 Å². The number of carboxylic acids is 1. The molecule has 0 aliphatic heterocycles. The molecule has 3 aromatic rings. The number of carbonyl (C=O) groups is 8. The van der Waals surface area contributed by atoms with E-state index in [9.17, 15) is 56.4 Å². The number of carboxylic acid groups (broad SMARTS) is 1. The molecule has 22 nitrogen and oxygen atoms in total. The number of para-hydroxylation sites is 1. The Hall–Kier alpha value is -6.59. The molecule has 0 saturated heterocycles. The van der Waals surface area contributed by atoms with E-state index in [1.54, 1.807) is 51.2 Å². The summed E-state index contributed by atoms with van der Waals surface area (Å²) in [5.74, 6) is -6.72. The summed E-state index contributed by atoms with van der Waals surface area (Å²) in [6.45, 7) is 6.12. The maximum Gasteiger partial charge on any atom is 0.408 e. The van der Waals surface area contributed by atoms with Crippen molar-refractivity contribution >= 4 is 68.5 Å². The Morgan fingerprint density at radius 3 is 1.89 bits per heavy atom. The minimum absolute atomic E-state index is 0.0320. The molecule has 23 heteroatoms. The van der Waals surface area contributed by atoms with E-state index in [2.05, 4.69) is 36.9 Å². The number of aromatic nitrogens is 1. The van der Waals surface area contributed by atoms with E-state index >= 15 is 0 Å². The number of unbranched alkanes of at least 4 members (excludes halogenated alkanes) is 1. The van der Waals surface area contributed by atoms with Crippen LogP contribution in [-0.4, -0.2) is 119 Å². The second-order valence-corrected chi connectivity index (χ2v) is 17.6. The number of H-pyrrole nitrogens is 1. The first-order chi connectivity index (χ1) is 30.5. The summed E-state index contributed by atoms with van der Waals surface area (Å²) < 4.78 is 37.8. The van der Waals surface area contributed by atoms with Crippen molar-refractivity contribution < 1.29 is 61.2 Å². The SMILES string of the molecule is CCCCC(NC(=O)C(Cc1ccc(S(=O)(=O)O)cc1)NC(=O)OC(C)(C)C)C(=O)NCC(=O)NC(Cc1c[nH]c2ccccc12)C(=O)NC(CCCN)C(=O)NC(CC(=O)O)C(N)=O. The van der Waals surface area contributed by atoms with Gasteiger partial charge in [0.15, 0.2) is 0 Å². The third-order valence-corrected chi connectivity index (χ3v) is 10.6. The number of aliphatic carboxylic acids is 1. The molecular weight excluding hydrogens is 871 g/mol. The van der Waals surface area contributed by atoms with Crippen molar-refractivity contribution in [2.45, 2.75) is 120 Å². The summed E-state index contributed by atoms with van der Waals surface area (Å²) in [5.41, 5.74) is 11.7. The van der Waals surface area contributed by atoms with E-state index in [0.29, 0.717) is 24.0 Å². The molecule has 65 heavy (non-hydrogen) atoms. The molecule has 5 unspecified atom stereocenters. The summed E-state index contributed by atoms with van der Waals surface area (Å²) in [5, 5.41) is 24.9. The van der Waals surface area contributed by atoms with Crippen LogP contribution in [0.15, 0.2) is 59.6 Å². The normalized spacial score (nSPS) is 13.8. The van der Waals surface area contributed by atoms with Crippen LogP contribution in [0.25, 0.3) is 10.9 Å². The highest BCUT2D eigenvalue weighted by Crippen LogP contribution is 2.20. The Bertz CT molecular complexity index is 2280. The monoisotopic (exact) mass is 929 g/mol. The Balaban J connectivity index is 1.83. The fraction of sp³-hybridized carbons (Fsp3) is 0.476. The predicted molar refractivity (Wildman–Crippen MR) is 235 cm³/mol. The van der Waals surface area contributed by atoms with Gasteiger partial charge in [0, 0.05) is 29.9 Å². The van der Waals surface area contributed by atoms with Crippen LogP contribution in [0.4, 0.5) is 4.79 Å². The lowest BCUT2D eigenvalue weighted by atomic mass is 10.0. The Morgan fingerprint density at radius 2 is 1.32 bits per heavy atom. The highest BCUT2D eigenvalue weighted by Gasteiger charge is 2.32. The van der Waals surface area contributed by atoms with Gasteiger partial charge in [0.2, 0.25) is 35.4 Å². The molecule has 0 radical (unpaired) electrons. The molecule has 0 fully saturated rings. The lowest BCUT2D eigenvalue weighted by Crippen LogP contribution is -2.58. The minimum atomic E-state index is -4.51. The average Bonchev–Trinajstić information content (AvgIpc) is 3.63. The number of ether oxygens (including phenoxy) is 1. The van der Waals surface area contributed by atoms with Crippen molar-refractivity contribution in [2.75, 3.05) is 13.1 Å². The topological polar surface area (TPSA) is 360 Å². The van der Waals surface area contributed by atoms with E-state index in [-0.39, 0.29) is 38.6 Å². The number of hydrogen-bond acceptors (Lipinski definition) is 12. The zero-order valence-corrected chi connectivity index (χ0v) is 37.4. The van der Waals surface area contributed by atoms with Crippen LogP contribution >= 0.6 is 0 Å². The van der Waals surface area contributed by atoms with Gasteiger partial charge < -0.3 is 58.2 Å². The first-order valence-corrected chi connectivity index (χ1v) is 22.3. The van der Waals surface area contributed by atoms with Gasteiger partial charge in [0.1, 0.15) is 35.8 Å². The van der Waals surface area contributed by atoms with Gasteiger partial charge in [-0.15, -0.1) is 0 Å². The molecule has 0 bridgehead atoms. The number of carbonyl (C=O) groups excluding carboxylic acids is 7. The molecule has 0 aliphatic rings. The van der Waals surface area contributed by atoms with E-state index in [4.69, 9.17) is 16.2 Å². The second-order valence-electron chi connectivity index (χ2n) is 16.2. The molecule has 1 heterocycles. The van der Waals surface area contributed by atoms with Crippen LogP contribution in [0.5, 0.6) is 0 Å². The van der Waals surface area contributed by atoms with Crippen molar-refractivity contribution in [3.63, 3.8) is 0 Å². The number of rotatable bonds is 25. The fourth-order valence-electron chi connectivity index (χ4n) is 6.44. The maximum atomic E-state index is 14.0. The van der Waals surface area contributed by atoms with E-state index in [0.717, 1.165) is 23.0 Å². The number of aromatic amines is 1. The number of hydrogen-bond donors (Lipinski definition) is 11. The number of fused-ring (bicyclic) bond motifs is 1. The number of nitrogens with one attached hydrogen (secondary N) is 7. The molecule has 0 spiro atoms. The molecule has 356 valence electrons. The highest BCUT2D eigenvalue weighted by atomic mass is 32.2. The summed E-state index contributed by atoms with van der Waals surface area (Å²) in [7, 11) is -4.51. The average molecular weight is 930 g/mol. The number of amides is 7. The first kappa shape index (κ1) is 52.8. The van der Waals surface area contributed by atoms with Gasteiger partial charge in [-0.25, -0.2) is 4.79 Å². The van der Waals surface area contributed by atoms with Gasteiger partial charge in [-0.05, 0) is 75.9 Å². The van der Waals surface area contributed by atoms with E-state index in [1.807, 2.05) is 6.92 Å². The number of alkyl carbamates (subject to hydrolysis) is 1. The molecule has 1 aromatic heterocycles. The number of primary amides is 1. The van der Waals surface area contributed by atoms with Crippen LogP contribution in [0.1, 0.15) is 77.3 Å². The van der Waals surface area contributed by atoms with Crippen molar-refractivity contribution in [1.29, 1.82) is 0 Å². The third kappa shape index (κ3) is 17.8. The molecular formula is C42H59N9O13S. The number of benzene rings is 2. The quantitative estimate of drug-likeness (QED) is 0.0500. The molecule has 0 aliphatic carbocycles. The molecule has 7 amide bonds. The van der Waals surface area contributed by atoms with Crippen molar-refractivity contribution in [1.82, 2.24) is 36.9 Å². The Morgan fingerprint density at radius 1 is 0.754 bits per heavy atom. The molecule has 2 aromatic carbocycles. The Labute approximate surface area is 375 Å². The lowest BCUT2D eigenvalue weighted by Gasteiger charge is -2.26. The van der Waals surface area contributed by atoms with Gasteiger partial charge in [-0.2, -0.15) is 8.42 Å². The van der Waals surface area contributed by atoms with E-state index < -0.39 is 111 Å². The Kier molecular flexibility index (Phi) is 19.9. The zero-order valence-electron chi connectivity index (χ0n) is 36.6. The third-order valence-electron chi connectivity index (χ3n) is 9.69. The molecule has 3 rings (SSSR count). The predicted octanol–water partition coefficient (Wildman–Crippen LogP) is 0.0376. The van der Waals surface area contributed by atoms with Gasteiger partial charge in [-0.3, -0.25) is 38.1 Å². The summed E-state index contributed by atoms with van der Waals surface area (Å²) in [4.78, 5) is 107. The number of nitrogens with two attached hydrogens (primary N) is 2. The van der Waals surface area contributed by atoms with E-state index in [1.165, 1.54) is 12.1 Å². The molecule has 0 saturated carbocycles. The fourth-order valence-corrected chi connectivity index (χ4v) is 6.92. The maximum absolute atomic E-state index is 14.0. The van der Waals surface area contributed by atoms with Gasteiger partial charge >= 0.3 is 12.1 Å². The summed E-state index contributed by atoms with van der Waals surface area (Å²) in [6.07, 6.45) is 0.938. The van der Waals surface area contributed by atoms with Gasteiger partial charge in [0.05, 0.1) is 17.9 Å². The van der Waals surface area contributed by atoms with Crippen molar-refractivity contribution in [3.05, 3.63) is 65.9 Å². The van der Waals surface area contributed by atoms with Crippen molar-refractivity contribution in [2.24, 2.45) is 11.5 Å². The zero-order chi connectivity index (χ0) is 48.5. The molecule has 13 N–H and O–H groups in total. The van der Waals surface area contributed by atoms with Crippen LogP contribution in [-0.2, 0) is 61.3 Å². The minimum Gasteiger partial charge on any atom is -0.481 e. The van der Waals surface area contributed by atoms with Crippen molar-refractivity contribution in [3.8, 4) is 0 Å².